The van der Waals surface area contributed by atoms with E-state index in [1.807, 2.05) is 0 Å². The second-order valence-corrected chi connectivity index (χ2v) is 5.74. The van der Waals surface area contributed by atoms with Crippen LogP contribution >= 0.6 is 15.9 Å². The summed E-state index contributed by atoms with van der Waals surface area (Å²) in [6, 6.07) is 9.35. The van der Waals surface area contributed by atoms with Gasteiger partial charge in [-0.2, -0.15) is 0 Å². The number of piperidine rings is 1. The first-order valence-electron chi connectivity index (χ1n) is 6.07. The SMILES string of the molecule is Brc1cccc(N2CCC3CCNC3C2)c1. The van der Waals surface area contributed by atoms with Gasteiger partial charge in [-0.1, -0.05) is 22.0 Å². The highest BCUT2D eigenvalue weighted by atomic mass is 79.9. The standard InChI is InChI=1S/C13H17BrN2/c14-11-2-1-3-12(8-11)16-7-5-10-4-6-15-13(10)9-16/h1-3,8,10,13,15H,4-7,9H2. The summed E-state index contributed by atoms with van der Waals surface area (Å²) in [5.41, 5.74) is 1.35. The van der Waals surface area contributed by atoms with Gasteiger partial charge in [-0.3, -0.25) is 0 Å². The number of nitrogens with one attached hydrogen (secondary N) is 1. The van der Waals surface area contributed by atoms with Gasteiger partial charge in [-0.25, -0.2) is 0 Å². The van der Waals surface area contributed by atoms with E-state index in [1.54, 1.807) is 0 Å². The molecule has 0 saturated carbocycles. The van der Waals surface area contributed by atoms with Crippen molar-refractivity contribution in [2.45, 2.75) is 18.9 Å². The molecule has 3 rings (SSSR count). The van der Waals surface area contributed by atoms with Crippen molar-refractivity contribution in [3.8, 4) is 0 Å². The molecule has 1 aromatic rings. The second kappa shape index (κ2) is 4.38. The topological polar surface area (TPSA) is 15.3 Å². The smallest absolute Gasteiger partial charge is 0.0378 e. The van der Waals surface area contributed by atoms with Gasteiger partial charge in [0, 0.05) is 29.3 Å². The first kappa shape index (κ1) is 10.6. The van der Waals surface area contributed by atoms with Crippen molar-refractivity contribution in [2.75, 3.05) is 24.5 Å². The highest BCUT2D eigenvalue weighted by Gasteiger charge is 2.32. The maximum absolute atomic E-state index is 3.62. The van der Waals surface area contributed by atoms with Gasteiger partial charge in [0.05, 0.1) is 0 Å². The Bertz CT molecular complexity index is 380. The van der Waals surface area contributed by atoms with Gasteiger partial charge in [0.2, 0.25) is 0 Å². The third kappa shape index (κ3) is 1.98. The van der Waals surface area contributed by atoms with Crippen molar-refractivity contribution < 1.29 is 0 Å². The molecule has 2 aliphatic rings. The van der Waals surface area contributed by atoms with Crippen LogP contribution in [0.4, 0.5) is 5.69 Å². The van der Waals surface area contributed by atoms with Crippen molar-refractivity contribution >= 4 is 21.6 Å². The van der Waals surface area contributed by atoms with Crippen LogP contribution in [0, 0.1) is 5.92 Å². The Balaban J connectivity index is 1.76. The van der Waals surface area contributed by atoms with Crippen molar-refractivity contribution in [3.63, 3.8) is 0 Å². The summed E-state index contributed by atoms with van der Waals surface area (Å²) in [6.45, 7) is 3.59. The average Bonchev–Trinajstić information content (AvgIpc) is 2.75. The summed E-state index contributed by atoms with van der Waals surface area (Å²) in [6.07, 6.45) is 2.71. The van der Waals surface area contributed by atoms with Crippen LogP contribution in [0.2, 0.25) is 0 Å². The molecule has 0 radical (unpaired) electrons. The molecule has 2 saturated heterocycles. The maximum Gasteiger partial charge on any atom is 0.0378 e. The number of halogens is 1. The summed E-state index contributed by atoms with van der Waals surface area (Å²) >= 11 is 3.54. The van der Waals surface area contributed by atoms with E-state index in [-0.39, 0.29) is 0 Å². The fourth-order valence-electron chi connectivity index (χ4n) is 2.94. The zero-order valence-electron chi connectivity index (χ0n) is 9.32. The Morgan fingerprint density at radius 2 is 2.25 bits per heavy atom. The highest BCUT2D eigenvalue weighted by Crippen LogP contribution is 2.29. The lowest BCUT2D eigenvalue weighted by atomic mass is 9.92. The van der Waals surface area contributed by atoms with Crippen molar-refractivity contribution in [2.24, 2.45) is 5.92 Å². The van der Waals surface area contributed by atoms with Gasteiger partial charge in [-0.15, -0.1) is 0 Å². The van der Waals surface area contributed by atoms with Gasteiger partial charge in [0.25, 0.3) is 0 Å². The molecular formula is C13H17BrN2. The van der Waals surface area contributed by atoms with Crippen LogP contribution in [0.5, 0.6) is 0 Å². The molecule has 2 heterocycles. The lowest BCUT2D eigenvalue weighted by Crippen LogP contribution is -2.46. The van der Waals surface area contributed by atoms with Gasteiger partial charge in [0.1, 0.15) is 0 Å². The van der Waals surface area contributed by atoms with E-state index < -0.39 is 0 Å². The summed E-state index contributed by atoms with van der Waals surface area (Å²) < 4.78 is 1.17. The molecule has 16 heavy (non-hydrogen) atoms. The van der Waals surface area contributed by atoms with Crippen LogP contribution in [0.15, 0.2) is 28.7 Å². The third-order valence-corrected chi connectivity index (χ3v) is 4.34. The fraction of sp³-hybridized carbons (Fsp3) is 0.538. The van der Waals surface area contributed by atoms with Crippen molar-refractivity contribution in [1.82, 2.24) is 5.32 Å². The number of anilines is 1. The third-order valence-electron chi connectivity index (χ3n) is 3.85. The molecule has 2 atom stereocenters. The molecule has 0 amide bonds. The summed E-state index contributed by atoms with van der Waals surface area (Å²) in [5.74, 6) is 0.920. The molecule has 1 aromatic carbocycles. The Labute approximate surface area is 105 Å². The molecule has 2 aliphatic heterocycles. The predicted molar refractivity (Wildman–Crippen MR) is 70.9 cm³/mol. The van der Waals surface area contributed by atoms with E-state index in [2.05, 4.69) is 50.4 Å². The number of nitrogens with zero attached hydrogens (tertiary/aromatic N) is 1. The molecule has 0 aliphatic carbocycles. The van der Waals surface area contributed by atoms with Crippen LogP contribution in [-0.4, -0.2) is 25.7 Å². The van der Waals surface area contributed by atoms with Crippen LogP contribution in [0.25, 0.3) is 0 Å². The molecule has 2 fully saturated rings. The zero-order chi connectivity index (χ0) is 11.0. The number of fused-ring (bicyclic) bond motifs is 1. The minimum Gasteiger partial charge on any atom is -0.370 e. The van der Waals surface area contributed by atoms with E-state index in [9.17, 15) is 0 Å². The fourth-order valence-corrected chi connectivity index (χ4v) is 3.33. The van der Waals surface area contributed by atoms with E-state index in [0.717, 1.165) is 5.92 Å². The van der Waals surface area contributed by atoms with Crippen LogP contribution in [-0.2, 0) is 0 Å². The molecule has 2 nitrogen and oxygen atoms in total. The Kier molecular flexibility index (Phi) is 2.90. The number of hydrogen-bond donors (Lipinski definition) is 1. The average molecular weight is 281 g/mol. The Morgan fingerprint density at radius 1 is 1.31 bits per heavy atom. The lowest BCUT2D eigenvalue weighted by Gasteiger charge is -2.36. The molecule has 3 heteroatoms. The maximum atomic E-state index is 3.62. The molecule has 0 aromatic heterocycles. The molecular weight excluding hydrogens is 264 g/mol. The van der Waals surface area contributed by atoms with Gasteiger partial charge in [0.15, 0.2) is 0 Å². The van der Waals surface area contributed by atoms with E-state index >= 15 is 0 Å². The summed E-state index contributed by atoms with van der Waals surface area (Å²) in [4.78, 5) is 2.50. The molecule has 2 unspecified atom stereocenters. The monoisotopic (exact) mass is 280 g/mol. The molecule has 0 bridgehead atoms. The molecule has 86 valence electrons. The molecule has 1 N–H and O–H groups in total. The first-order valence-corrected chi connectivity index (χ1v) is 6.86. The Morgan fingerprint density at radius 3 is 3.12 bits per heavy atom. The number of hydrogen-bond acceptors (Lipinski definition) is 2. The highest BCUT2D eigenvalue weighted by molar-refractivity contribution is 9.10. The van der Waals surface area contributed by atoms with Gasteiger partial charge in [-0.05, 0) is 43.5 Å². The lowest BCUT2D eigenvalue weighted by molar-refractivity contribution is 0.374. The van der Waals surface area contributed by atoms with E-state index in [1.165, 1.54) is 42.6 Å². The number of benzene rings is 1. The van der Waals surface area contributed by atoms with Crippen molar-refractivity contribution in [3.05, 3.63) is 28.7 Å². The quantitative estimate of drug-likeness (QED) is 0.851. The Hall–Kier alpha value is -0.540. The van der Waals surface area contributed by atoms with Gasteiger partial charge < -0.3 is 10.2 Å². The van der Waals surface area contributed by atoms with Gasteiger partial charge >= 0.3 is 0 Å². The van der Waals surface area contributed by atoms with Crippen LogP contribution in [0.3, 0.4) is 0 Å². The summed E-state index contributed by atoms with van der Waals surface area (Å²) in [7, 11) is 0. The molecule has 0 spiro atoms. The van der Waals surface area contributed by atoms with E-state index in [0.29, 0.717) is 6.04 Å². The van der Waals surface area contributed by atoms with Crippen LogP contribution in [0.1, 0.15) is 12.8 Å². The first-order chi connectivity index (χ1) is 7.83. The summed E-state index contributed by atoms with van der Waals surface area (Å²) in [5, 5.41) is 3.62. The van der Waals surface area contributed by atoms with Crippen molar-refractivity contribution in [1.29, 1.82) is 0 Å². The zero-order valence-corrected chi connectivity index (χ0v) is 10.9. The predicted octanol–water partition coefficient (Wildman–Crippen LogP) is 2.64. The second-order valence-electron chi connectivity index (χ2n) is 4.82. The minimum atomic E-state index is 0.715. The minimum absolute atomic E-state index is 0.715. The van der Waals surface area contributed by atoms with E-state index in [4.69, 9.17) is 0 Å². The normalized spacial score (nSPS) is 29.2. The van der Waals surface area contributed by atoms with Crippen LogP contribution < -0.4 is 10.2 Å². The number of rotatable bonds is 1. The largest absolute Gasteiger partial charge is 0.370 e.